The molecule has 0 aromatic rings. The van der Waals surface area contributed by atoms with Crippen molar-refractivity contribution in [2.45, 2.75) is 52.5 Å². The molecular weight excluding hydrogens is 214 g/mol. The van der Waals surface area contributed by atoms with E-state index in [1.807, 2.05) is 6.92 Å². The lowest BCUT2D eigenvalue weighted by Crippen LogP contribution is -2.44. The van der Waals surface area contributed by atoms with Gasteiger partial charge in [0.15, 0.2) is 0 Å². The number of hydrazine groups is 1. The fourth-order valence-electron chi connectivity index (χ4n) is 2.63. The fourth-order valence-corrected chi connectivity index (χ4v) is 2.63. The molecule has 0 aromatic carbocycles. The van der Waals surface area contributed by atoms with Crippen molar-refractivity contribution in [3.8, 4) is 0 Å². The third-order valence-electron chi connectivity index (χ3n) is 4.08. The van der Waals surface area contributed by atoms with E-state index < -0.39 is 0 Å². The fraction of sp³-hybridized carbons (Fsp3) is 0.923. The molecule has 1 atom stereocenters. The van der Waals surface area contributed by atoms with Crippen LogP contribution in [0.1, 0.15) is 46.5 Å². The van der Waals surface area contributed by atoms with Gasteiger partial charge in [-0.05, 0) is 38.1 Å². The van der Waals surface area contributed by atoms with Gasteiger partial charge >= 0.3 is 0 Å². The first kappa shape index (κ1) is 14.5. The number of hydrogen-bond acceptors (Lipinski definition) is 3. The average Bonchev–Trinajstić information content (AvgIpc) is 2.27. The van der Waals surface area contributed by atoms with Crippen molar-refractivity contribution >= 4 is 5.91 Å². The third-order valence-corrected chi connectivity index (χ3v) is 4.08. The van der Waals surface area contributed by atoms with E-state index in [0.29, 0.717) is 11.5 Å². The molecule has 0 spiro atoms. The van der Waals surface area contributed by atoms with E-state index in [9.17, 15) is 4.79 Å². The number of carbonyl (C=O) groups is 1. The van der Waals surface area contributed by atoms with Gasteiger partial charge in [0.1, 0.15) is 0 Å². The molecule has 1 aliphatic carbocycles. The molecule has 1 amide bonds. The van der Waals surface area contributed by atoms with E-state index in [2.05, 4.69) is 31.2 Å². The molecule has 0 radical (unpaired) electrons. The van der Waals surface area contributed by atoms with Crippen LogP contribution < -0.4 is 11.3 Å². The lowest BCUT2D eigenvalue weighted by Gasteiger charge is -2.39. The third kappa shape index (κ3) is 4.28. The Labute approximate surface area is 105 Å². The van der Waals surface area contributed by atoms with Gasteiger partial charge in [-0.3, -0.25) is 10.2 Å². The Hall–Kier alpha value is -0.610. The highest BCUT2D eigenvalue weighted by atomic mass is 16.2. The molecule has 17 heavy (non-hydrogen) atoms. The minimum absolute atomic E-state index is 0.0417. The van der Waals surface area contributed by atoms with Gasteiger partial charge in [-0.2, -0.15) is 0 Å². The van der Waals surface area contributed by atoms with Crippen LogP contribution in [-0.2, 0) is 4.79 Å². The summed E-state index contributed by atoms with van der Waals surface area (Å²) >= 11 is 0. The molecule has 100 valence electrons. The molecule has 4 nitrogen and oxygen atoms in total. The highest BCUT2D eigenvalue weighted by Gasteiger charge is 2.29. The second kappa shape index (κ2) is 5.83. The van der Waals surface area contributed by atoms with E-state index in [1.54, 1.807) is 0 Å². The van der Waals surface area contributed by atoms with Crippen molar-refractivity contribution in [3.63, 3.8) is 0 Å². The summed E-state index contributed by atoms with van der Waals surface area (Å²) in [5.41, 5.74) is 2.72. The van der Waals surface area contributed by atoms with Gasteiger partial charge in [0.25, 0.3) is 0 Å². The van der Waals surface area contributed by atoms with Crippen LogP contribution in [0.3, 0.4) is 0 Å². The summed E-state index contributed by atoms with van der Waals surface area (Å²) in [6.45, 7) is 7.39. The second-order valence-electron chi connectivity index (χ2n) is 6.24. The molecular formula is C13H27N3O. The Morgan fingerprint density at radius 3 is 2.47 bits per heavy atom. The predicted molar refractivity (Wildman–Crippen MR) is 70.2 cm³/mol. The number of carbonyl (C=O) groups excluding carboxylic acids is 1. The van der Waals surface area contributed by atoms with Crippen molar-refractivity contribution < 1.29 is 4.79 Å². The number of rotatable bonds is 4. The minimum Gasteiger partial charge on any atom is -0.303 e. The zero-order chi connectivity index (χ0) is 13.1. The normalized spacial score (nSPS) is 22.5. The number of nitrogens with one attached hydrogen (secondary N) is 1. The summed E-state index contributed by atoms with van der Waals surface area (Å²) in [5.74, 6) is 5.03. The van der Waals surface area contributed by atoms with Crippen LogP contribution in [0.4, 0.5) is 0 Å². The van der Waals surface area contributed by atoms with Crippen LogP contribution in [0, 0.1) is 11.3 Å². The van der Waals surface area contributed by atoms with Gasteiger partial charge in [0.2, 0.25) is 5.91 Å². The van der Waals surface area contributed by atoms with Crippen LogP contribution in [0.2, 0.25) is 0 Å². The zero-order valence-corrected chi connectivity index (χ0v) is 11.6. The highest BCUT2D eigenvalue weighted by Crippen LogP contribution is 2.36. The molecule has 0 saturated heterocycles. The first-order valence-corrected chi connectivity index (χ1v) is 6.56. The summed E-state index contributed by atoms with van der Waals surface area (Å²) in [4.78, 5) is 13.7. The molecule has 0 aliphatic heterocycles. The summed E-state index contributed by atoms with van der Waals surface area (Å²) in [7, 11) is 2.11. The van der Waals surface area contributed by atoms with Crippen molar-refractivity contribution in [1.29, 1.82) is 0 Å². The molecule has 1 unspecified atom stereocenters. The molecule has 1 saturated carbocycles. The van der Waals surface area contributed by atoms with E-state index >= 15 is 0 Å². The van der Waals surface area contributed by atoms with Gasteiger partial charge in [0, 0.05) is 18.5 Å². The molecule has 3 N–H and O–H groups in total. The molecule has 1 rings (SSSR count). The minimum atomic E-state index is -0.0759. The monoisotopic (exact) mass is 241 g/mol. The zero-order valence-electron chi connectivity index (χ0n) is 11.6. The van der Waals surface area contributed by atoms with E-state index in [1.165, 1.54) is 25.7 Å². The number of nitrogens with zero attached hydrogens (tertiary/aromatic N) is 1. The Bertz CT molecular complexity index is 255. The van der Waals surface area contributed by atoms with Crippen LogP contribution in [-0.4, -0.2) is 30.4 Å². The first-order chi connectivity index (χ1) is 7.85. The molecule has 1 aliphatic rings. The van der Waals surface area contributed by atoms with Crippen molar-refractivity contribution in [3.05, 3.63) is 0 Å². The van der Waals surface area contributed by atoms with Gasteiger partial charge in [-0.1, -0.05) is 20.8 Å². The molecule has 0 heterocycles. The number of amides is 1. The standard InChI is InChI=1S/C13H27N3O/c1-10(12(17)15-14)9-16(4)11-5-7-13(2,3)8-6-11/h10-11H,5-9,14H2,1-4H3,(H,15,17). The highest BCUT2D eigenvalue weighted by molar-refractivity contribution is 5.77. The van der Waals surface area contributed by atoms with Crippen LogP contribution in [0.15, 0.2) is 0 Å². The maximum Gasteiger partial charge on any atom is 0.237 e. The van der Waals surface area contributed by atoms with E-state index in [-0.39, 0.29) is 11.8 Å². The Kier molecular flexibility index (Phi) is 4.95. The molecule has 0 bridgehead atoms. The lowest BCUT2D eigenvalue weighted by molar-refractivity contribution is -0.125. The summed E-state index contributed by atoms with van der Waals surface area (Å²) < 4.78 is 0. The molecule has 1 fully saturated rings. The smallest absolute Gasteiger partial charge is 0.237 e. The van der Waals surface area contributed by atoms with Gasteiger partial charge in [0.05, 0.1) is 0 Å². The molecule has 4 heteroatoms. The summed E-state index contributed by atoms with van der Waals surface area (Å²) in [6, 6.07) is 0.621. The summed E-state index contributed by atoms with van der Waals surface area (Å²) in [6.07, 6.45) is 5.03. The van der Waals surface area contributed by atoms with Crippen LogP contribution in [0.25, 0.3) is 0 Å². The predicted octanol–water partition coefficient (Wildman–Crippen LogP) is 1.51. The van der Waals surface area contributed by atoms with E-state index in [4.69, 9.17) is 5.84 Å². The topological polar surface area (TPSA) is 58.4 Å². The molecule has 0 aromatic heterocycles. The van der Waals surface area contributed by atoms with Crippen LogP contribution in [0.5, 0.6) is 0 Å². The van der Waals surface area contributed by atoms with Gasteiger partial charge in [-0.15, -0.1) is 0 Å². The number of nitrogens with two attached hydrogens (primary N) is 1. The number of hydrogen-bond donors (Lipinski definition) is 2. The second-order valence-corrected chi connectivity index (χ2v) is 6.24. The van der Waals surface area contributed by atoms with Gasteiger partial charge < -0.3 is 4.90 Å². The largest absolute Gasteiger partial charge is 0.303 e. The maximum atomic E-state index is 11.4. The van der Waals surface area contributed by atoms with Crippen LogP contribution >= 0.6 is 0 Å². The van der Waals surface area contributed by atoms with Crippen molar-refractivity contribution in [2.75, 3.05) is 13.6 Å². The van der Waals surface area contributed by atoms with Crippen molar-refractivity contribution in [2.24, 2.45) is 17.2 Å². The quantitative estimate of drug-likeness (QED) is 0.445. The average molecular weight is 241 g/mol. The SMILES string of the molecule is CC(CN(C)C1CCC(C)(C)CC1)C(=O)NN. The first-order valence-electron chi connectivity index (χ1n) is 6.56. The maximum absolute atomic E-state index is 11.4. The Morgan fingerprint density at radius 2 is 2.00 bits per heavy atom. The Balaban J connectivity index is 2.39. The van der Waals surface area contributed by atoms with Crippen molar-refractivity contribution in [1.82, 2.24) is 10.3 Å². The summed E-state index contributed by atoms with van der Waals surface area (Å²) in [5, 5.41) is 0. The van der Waals surface area contributed by atoms with Gasteiger partial charge in [-0.25, -0.2) is 5.84 Å². The lowest BCUT2D eigenvalue weighted by atomic mass is 9.75. The van der Waals surface area contributed by atoms with E-state index in [0.717, 1.165) is 6.54 Å². The Morgan fingerprint density at radius 1 is 1.47 bits per heavy atom.